The Labute approximate surface area is 138 Å². The lowest BCUT2D eigenvalue weighted by Crippen LogP contribution is -2.22. The number of H-pyrrole nitrogens is 1. The van der Waals surface area contributed by atoms with Crippen LogP contribution in [0, 0.1) is 11.3 Å². The number of rotatable bonds is 3. The molecule has 0 unspecified atom stereocenters. The highest BCUT2D eigenvalue weighted by Crippen LogP contribution is 2.33. The smallest absolute Gasteiger partial charge is 0.276 e. The zero-order valence-corrected chi connectivity index (χ0v) is 13.7. The molecule has 1 aliphatic carbocycles. The fraction of sp³-hybridized carbons (Fsp3) is 0.412. The average molecular weight is 322 g/mol. The zero-order valence-electron chi connectivity index (χ0n) is 13.7. The van der Waals surface area contributed by atoms with Gasteiger partial charge in [0.2, 0.25) is 0 Å². The number of aromatic amines is 1. The molecule has 1 N–H and O–H groups in total. The van der Waals surface area contributed by atoms with Crippen LogP contribution in [0.1, 0.15) is 56.2 Å². The third-order valence-electron chi connectivity index (χ3n) is 4.72. The van der Waals surface area contributed by atoms with Crippen LogP contribution in [0.2, 0.25) is 0 Å². The summed E-state index contributed by atoms with van der Waals surface area (Å²) in [6.45, 7) is 3.94. The van der Waals surface area contributed by atoms with E-state index >= 15 is 0 Å². The van der Waals surface area contributed by atoms with Crippen LogP contribution in [0.5, 0.6) is 0 Å². The fourth-order valence-corrected chi connectivity index (χ4v) is 3.16. The van der Waals surface area contributed by atoms with Crippen molar-refractivity contribution < 1.29 is 0 Å². The van der Waals surface area contributed by atoms with E-state index in [1.54, 1.807) is 6.20 Å². The summed E-state index contributed by atoms with van der Waals surface area (Å²) in [6, 6.07) is 2.52. The lowest BCUT2D eigenvalue weighted by Gasteiger charge is -2.25. The maximum Gasteiger partial charge on any atom is 0.276 e. The largest absolute Gasteiger partial charge is 0.295 e. The maximum absolute atomic E-state index is 12.9. The SMILES string of the molecule is CC(C)c1c(-c2cnn(C3CCC3)c2)nc2c(C#N)c[nH]n2c1=O. The normalized spacial score (nSPS) is 14.9. The summed E-state index contributed by atoms with van der Waals surface area (Å²) in [7, 11) is 0. The van der Waals surface area contributed by atoms with Crippen molar-refractivity contribution >= 4 is 5.65 Å². The molecule has 0 saturated heterocycles. The molecule has 7 heteroatoms. The number of hydrogen-bond donors (Lipinski definition) is 1. The van der Waals surface area contributed by atoms with Crippen LogP contribution in [0.25, 0.3) is 16.9 Å². The van der Waals surface area contributed by atoms with Gasteiger partial charge in [-0.3, -0.25) is 14.6 Å². The standard InChI is InChI=1S/C17H18N6O/c1-10(2)14-15(12-8-19-22(9-12)13-4-3-5-13)21-16-11(6-18)7-20-23(16)17(14)24/h7-10,13,20H,3-5H2,1-2H3. The molecule has 122 valence electrons. The molecular weight excluding hydrogens is 304 g/mol. The molecule has 0 aromatic carbocycles. The van der Waals surface area contributed by atoms with Gasteiger partial charge in [-0.05, 0) is 25.2 Å². The summed E-state index contributed by atoms with van der Waals surface area (Å²) in [5.74, 6) is 0.0118. The number of nitrogens with zero attached hydrogens (tertiary/aromatic N) is 5. The van der Waals surface area contributed by atoms with Gasteiger partial charge >= 0.3 is 0 Å². The molecule has 1 fully saturated rings. The Bertz CT molecular complexity index is 1010. The molecule has 0 aliphatic heterocycles. The average Bonchev–Trinajstić information content (AvgIpc) is 3.11. The van der Waals surface area contributed by atoms with E-state index in [2.05, 4.69) is 21.3 Å². The van der Waals surface area contributed by atoms with E-state index in [-0.39, 0.29) is 11.5 Å². The molecule has 0 spiro atoms. The van der Waals surface area contributed by atoms with E-state index in [0.717, 1.165) is 18.4 Å². The predicted molar refractivity (Wildman–Crippen MR) is 88.7 cm³/mol. The lowest BCUT2D eigenvalue weighted by molar-refractivity contribution is 0.289. The van der Waals surface area contributed by atoms with Crippen LogP contribution in [0.4, 0.5) is 0 Å². The van der Waals surface area contributed by atoms with E-state index in [9.17, 15) is 10.1 Å². The highest BCUT2D eigenvalue weighted by atomic mass is 16.1. The summed E-state index contributed by atoms with van der Waals surface area (Å²) in [5.41, 5.74) is 2.63. The molecule has 3 aromatic rings. The highest BCUT2D eigenvalue weighted by molar-refractivity contribution is 5.67. The van der Waals surface area contributed by atoms with E-state index in [4.69, 9.17) is 0 Å². The van der Waals surface area contributed by atoms with Crippen molar-refractivity contribution in [3.05, 3.63) is 40.1 Å². The Hall–Kier alpha value is -2.88. The van der Waals surface area contributed by atoms with Crippen LogP contribution < -0.4 is 5.56 Å². The van der Waals surface area contributed by atoms with Crippen molar-refractivity contribution in [2.45, 2.75) is 45.1 Å². The maximum atomic E-state index is 12.9. The van der Waals surface area contributed by atoms with Gasteiger partial charge in [-0.2, -0.15) is 10.4 Å². The Morgan fingerprint density at radius 3 is 2.83 bits per heavy atom. The minimum absolute atomic E-state index is 0.0118. The molecule has 3 aromatic heterocycles. The second-order valence-corrected chi connectivity index (χ2v) is 6.59. The summed E-state index contributed by atoms with van der Waals surface area (Å²) in [5, 5.41) is 16.5. The summed E-state index contributed by atoms with van der Waals surface area (Å²) in [4.78, 5) is 17.5. The molecule has 0 amide bonds. The first-order valence-electron chi connectivity index (χ1n) is 8.18. The first-order valence-corrected chi connectivity index (χ1v) is 8.18. The monoisotopic (exact) mass is 322 g/mol. The molecule has 3 heterocycles. The Morgan fingerprint density at radius 1 is 1.42 bits per heavy atom. The second kappa shape index (κ2) is 5.34. The lowest BCUT2D eigenvalue weighted by atomic mass is 9.93. The molecule has 1 aliphatic rings. The van der Waals surface area contributed by atoms with Crippen molar-refractivity contribution in [3.8, 4) is 17.3 Å². The minimum Gasteiger partial charge on any atom is -0.295 e. The minimum atomic E-state index is -0.164. The van der Waals surface area contributed by atoms with Crippen molar-refractivity contribution in [1.82, 2.24) is 24.4 Å². The highest BCUT2D eigenvalue weighted by Gasteiger charge is 2.23. The Balaban J connectivity index is 1.95. The predicted octanol–water partition coefficient (Wildman–Crippen LogP) is 2.61. The molecule has 24 heavy (non-hydrogen) atoms. The van der Waals surface area contributed by atoms with Crippen LogP contribution in [-0.2, 0) is 0 Å². The summed E-state index contributed by atoms with van der Waals surface area (Å²) in [6.07, 6.45) is 8.76. The fourth-order valence-electron chi connectivity index (χ4n) is 3.16. The van der Waals surface area contributed by atoms with Crippen molar-refractivity contribution in [1.29, 1.82) is 5.26 Å². The van der Waals surface area contributed by atoms with Crippen LogP contribution >= 0.6 is 0 Å². The molecular formula is C17H18N6O. The molecule has 7 nitrogen and oxygen atoms in total. The van der Waals surface area contributed by atoms with Crippen LogP contribution in [0.15, 0.2) is 23.4 Å². The molecule has 4 rings (SSSR count). The second-order valence-electron chi connectivity index (χ2n) is 6.59. The van der Waals surface area contributed by atoms with Crippen molar-refractivity contribution in [3.63, 3.8) is 0 Å². The van der Waals surface area contributed by atoms with Crippen molar-refractivity contribution in [2.24, 2.45) is 0 Å². The van der Waals surface area contributed by atoms with Gasteiger partial charge in [-0.25, -0.2) is 9.50 Å². The molecule has 0 bridgehead atoms. The number of fused-ring (bicyclic) bond motifs is 1. The number of nitrogens with one attached hydrogen (secondary N) is 1. The number of aromatic nitrogens is 5. The molecule has 0 radical (unpaired) electrons. The zero-order chi connectivity index (χ0) is 16.8. The van der Waals surface area contributed by atoms with E-state index < -0.39 is 0 Å². The van der Waals surface area contributed by atoms with Gasteiger partial charge in [-0.15, -0.1) is 0 Å². The van der Waals surface area contributed by atoms with E-state index in [0.29, 0.717) is 28.5 Å². The topological polar surface area (TPSA) is 91.8 Å². The van der Waals surface area contributed by atoms with Gasteiger partial charge in [0.1, 0.15) is 11.6 Å². The first kappa shape index (κ1) is 14.7. The number of nitriles is 1. The quantitative estimate of drug-likeness (QED) is 0.802. The van der Waals surface area contributed by atoms with Gasteiger partial charge < -0.3 is 0 Å². The molecule has 0 atom stereocenters. The van der Waals surface area contributed by atoms with Gasteiger partial charge in [0, 0.05) is 23.5 Å². The first-order chi connectivity index (χ1) is 11.6. The van der Waals surface area contributed by atoms with Crippen LogP contribution in [0.3, 0.4) is 0 Å². The summed E-state index contributed by atoms with van der Waals surface area (Å²) >= 11 is 0. The van der Waals surface area contributed by atoms with E-state index in [1.165, 1.54) is 17.1 Å². The third-order valence-corrected chi connectivity index (χ3v) is 4.72. The third kappa shape index (κ3) is 2.07. The van der Waals surface area contributed by atoms with Crippen molar-refractivity contribution in [2.75, 3.05) is 0 Å². The Morgan fingerprint density at radius 2 is 2.21 bits per heavy atom. The number of hydrogen-bond acceptors (Lipinski definition) is 4. The van der Waals surface area contributed by atoms with Gasteiger partial charge in [0.05, 0.1) is 17.9 Å². The Kier molecular flexibility index (Phi) is 3.27. The van der Waals surface area contributed by atoms with Gasteiger partial charge in [0.25, 0.3) is 5.56 Å². The van der Waals surface area contributed by atoms with E-state index in [1.807, 2.05) is 24.7 Å². The summed E-state index contributed by atoms with van der Waals surface area (Å²) < 4.78 is 3.31. The van der Waals surface area contributed by atoms with Gasteiger partial charge in [0.15, 0.2) is 5.65 Å². The molecule has 1 saturated carbocycles. The van der Waals surface area contributed by atoms with Crippen LogP contribution in [-0.4, -0.2) is 24.4 Å². The van der Waals surface area contributed by atoms with Gasteiger partial charge in [-0.1, -0.05) is 13.8 Å².